The molecule has 1 unspecified atom stereocenters. The largest absolute Gasteiger partial charge is 0.462 e. The minimum Gasteiger partial charge on any atom is -0.462 e. The number of carbonyl (C=O) groups is 3. The molecular formula is C71H114O6. The molecule has 0 amide bonds. The SMILES string of the molecule is CC/C=C\C/C=C\C/C=C\C/C=C\C/C=C\C/C=C\C/C=C\CCCCCCCCCC(=O)OCC(COC(=O)CCCCCCCCCCCCCCC)OC(=O)CCC/C=C\C/C=C\C/C=C\C/C=C\C/C=C\CC. The topological polar surface area (TPSA) is 78.9 Å². The summed E-state index contributed by atoms with van der Waals surface area (Å²) in [5, 5.41) is 0. The zero-order valence-electron chi connectivity index (χ0n) is 49.7. The maximum absolute atomic E-state index is 12.9. The molecule has 77 heavy (non-hydrogen) atoms. The van der Waals surface area contributed by atoms with Gasteiger partial charge in [-0.15, -0.1) is 0 Å². The van der Waals surface area contributed by atoms with Gasteiger partial charge in [0.2, 0.25) is 0 Å². The predicted octanol–water partition coefficient (Wildman–Crippen LogP) is 21.5. The summed E-state index contributed by atoms with van der Waals surface area (Å²) in [7, 11) is 0. The van der Waals surface area contributed by atoms with Gasteiger partial charge in [-0.2, -0.15) is 0 Å². The van der Waals surface area contributed by atoms with Crippen LogP contribution < -0.4 is 0 Å². The summed E-state index contributed by atoms with van der Waals surface area (Å²) in [4.78, 5) is 38.2. The van der Waals surface area contributed by atoms with Crippen molar-refractivity contribution in [3.8, 4) is 0 Å². The van der Waals surface area contributed by atoms with Crippen molar-refractivity contribution < 1.29 is 28.6 Å². The maximum atomic E-state index is 12.9. The number of hydrogen-bond acceptors (Lipinski definition) is 6. The monoisotopic (exact) mass is 1060 g/mol. The molecule has 0 aliphatic carbocycles. The lowest BCUT2D eigenvalue weighted by Crippen LogP contribution is -2.30. The Labute approximate surface area is 474 Å². The van der Waals surface area contributed by atoms with Gasteiger partial charge < -0.3 is 14.2 Å². The first kappa shape index (κ1) is 72.3. The van der Waals surface area contributed by atoms with Crippen LogP contribution in [0.5, 0.6) is 0 Å². The van der Waals surface area contributed by atoms with Crippen molar-refractivity contribution in [2.45, 2.75) is 271 Å². The highest BCUT2D eigenvalue weighted by Crippen LogP contribution is 2.15. The molecule has 0 spiro atoms. The number of hydrogen-bond donors (Lipinski definition) is 0. The normalized spacial score (nSPS) is 13.1. The summed E-state index contributed by atoms with van der Waals surface area (Å²) < 4.78 is 16.8. The summed E-state index contributed by atoms with van der Waals surface area (Å²) in [6, 6.07) is 0. The molecule has 0 radical (unpaired) electrons. The Kier molecular flexibility index (Phi) is 59.9. The molecule has 0 N–H and O–H groups in total. The van der Waals surface area contributed by atoms with Crippen LogP contribution in [0.4, 0.5) is 0 Å². The molecule has 6 nitrogen and oxygen atoms in total. The van der Waals surface area contributed by atoms with E-state index in [2.05, 4.69) is 167 Å². The smallest absolute Gasteiger partial charge is 0.306 e. The molecule has 0 heterocycles. The third kappa shape index (κ3) is 62.0. The van der Waals surface area contributed by atoms with Gasteiger partial charge in [0.1, 0.15) is 13.2 Å². The van der Waals surface area contributed by atoms with Crippen LogP contribution in [0.2, 0.25) is 0 Å². The van der Waals surface area contributed by atoms with Gasteiger partial charge in [0.25, 0.3) is 0 Å². The Morgan fingerprint density at radius 3 is 0.831 bits per heavy atom. The van der Waals surface area contributed by atoms with E-state index in [4.69, 9.17) is 14.2 Å². The van der Waals surface area contributed by atoms with Gasteiger partial charge >= 0.3 is 17.9 Å². The molecule has 0 bridgehead atoms. The van der Waals surface area contributed by atoms with Crippen molar-refractivity contribution in [3.05, 3.63) is 146 Å². The predicted molar refractivity (Wildman–Crippen MR) is 334 cm³/mol. The third-order valence-corrected chi connectivity index (χ3v) is 12.8. The molecule has 0 aliphatic heterocycles. The summed E-state index contributed by atoms with van der Waals surface area (Å²) in [6.45, 7) is 6.35. The lowest BCUT2D eigenvalue weighted by Gasteiger charge is -2.18. The minimum atomic E-state index is -0.817. The second kappa shape index (κ2) is 63.8. The number of unbranched alkanes of at least 4 members (excludes halogenated alkanes) is 20. The molecule has 0 aliphatic rings. The van der Waals surface area contributed by atoms with E-state index in [9.17, 15) is 14.4 Å². The zero-order chi connectivity index (χ0) is 55.7. The van der Waals surface area contributed by atoms with Crippen LogP contribution in [0.1, 0.15) is 265 Å². The van der Waals surface area contributed by atoms with Crippen LogP contribution in [0.3, 0.4) is 0 Å². The second-order valence-corrected chi connectivity index (χ2v) is 20.2. The molecule has 0 aromatic heterocycles. The number of ether oxygens (including phenoxy) is 3. The number of allylic oxidation sites excluding steroid dienone is 24. The highest BCUT2D eigenvalue weighted by Gasteiger charge is 2.19. The third-order valence-electron chi connectivity index (χ3n) is 12.8. The minimum absolute atomic E-state index is 0.107. The van der Waals surface area contributed by atoms with E-state index in [0.717, 1.165) is 128 Å². The van der Waals surface area contributed by atoms with Crippen LogP contribution in [0, 0.1) is 0 Å². The summed E-state index contributed by atoms with van der Waals surface area (Å²) in [5.41, 5.74) is 0. The van der Waals surface area contributed by atoms with Crippen molar-refractivity contribution in [2.75, 3.05) is 13.2 Å². The van der Waals surface area contributed by atoms with Crippen LogP contribution in [-0.2, 0) is 28.6 Å². The Morgan fingerprint density at radius 1 is 0.273 bits per heavy atom. The van der Waals surface area contributed by atoms with E-state index >= 15 is 0 Å². The van der Waals surface area contributed by atoms with Gasteiger partial charge in [-0.25, -0.2) is 0 Å². The van der Waals surface area contributed by atoms with E-state index in [1.807, 2.05) is 0 Å². The molecule has 6 heteroatoms. The zero-order valence-corrected chi connectivity index (χ0v) is 49.7. The molecule has 0 saturated carbocycles. The van der Waals surface area contributed by atoms with E-state index in [0.29, 0.717) is 19.3 Å². The van der Waals surface area contributed by atoms with Crippen LogP contribution in [0.15, 0.2) is 146 Å². The fourth-order valence-corrected chi connectivity index (χ4v) is 8.22. The number of carbonyl (C=O) groups excluding carboxylic acids is 3. The fourth-order valence-electron chi connectivity index (χ4n) is 8.22. The Bertz CT molecular complexity index is 1700. The Balaban J connectivity index is 4.41. The highest BCUT2D eigenvalue weighted by atomic mass is 16.6. The lowest BCUT2D eigenvalue weighted by molar-refractivity contribution is -0.167. The first-order valence-electron chi connectivity index (χ1n) is 31.3. The Hall–Kier alpha value is -4.71. The van der Waals surface area contributed by atoms with Crippen molar-refractivity contribution in [2.24, 2.45) is 0 Å². The van der Waals surface area contributed by atoms with E-state index in [1.54, 1.807) is 0 Å². The van der Waals surface area contributed by atoms with E-state index in [1.165, 1.54) is 89.9 Å². The first-order valence-corrected chi connectivity index (χ1v) is 31.3. The van der Waals surface area contributed by atoms with E-state index < -0.39 is 6.10 Å². The summed E-state index contributed by atoms with van der Waals surface area (Å²) in [5.74, 6) is -0.978. The number of rotatable bonds is 55. The summed E-state index contributed by atoms with van der Waals surface area (Å²) in [6.07, 6.45) is 91.4. The average Bonchev–Trinajstić information content (AvgIpc) is 3.43. The first-order chi connectivity index (χ1) is 38.0. The molecule has 0 aromatic rings. The van der Waals surface area contributed by atoms with Gasteiger partial charge in [-0.1, -0.05) is 276 Å². The van der Waals surface area contributed by atoms with Gasteiger partial charge in [-0.05, 0) is 116 Å². The van der Waals surface area contributed by atoms with Crippen LogP contribution in [-0.4, -0.2) is 37.2 Å². The lowest BCUT2D eigenvalue weighted by atomic mass is 10.0. The average molecular weight is 1060 g/mol. The molecule has 0 aromatic carbocycles. The maximum Gasteiger partial charge on any atom is 0.306 e. The molecule has 434 valence electrons. The van der Waals surface area contributed by atoms with Crippen molar-refractivity contribution in [1.82, 2.24) is 0 Å². The van der Waals surface area contributed by atoms with Gasteiger partial charge in [0.15, 0.2) is 6.10 Å². The van der Waals surface area contributed by atoms with Crippen molar-refractivity contribution in [1.29, 1.82) is 0 Å². The van der Waals surface area contributed by atoms with Crippen molar-refractivity contribution >= 4 is 17.9 Å². The van der Waals surface area contributed by atoms with E-state index in [-0.39, 0.29) is 37.5 Å². The second-order valence-electron chi connectivity index (χ2n) is 20.2. The highest BCUT2D eigenvalue weighted by molar-refractivity contribution is 5.71. The molecule has 0 fully saturated rings. The standard InChI is InChI=1S/C71H114O6/c1-4-7-10-13-16-19-22-25-27-29-30-31-32-33-34-35-36-37-38-39-40-42-43-46-49-52-55-58-61-64-70(73)76-67-68(66-75-69(72)63-60-57-54-51-48-45-24-21-18-15-12-9-6-3)77-71(74)65-62-59-56-53-50-47-44-41-28-26-23-20-17-14-11-8-5-2/h7-8,10-11,16-17,19-20,25-28,30-31,33-34,36-37,39-40,44,47,53,56,68H,4-6,9,12-15,18,21-24,29,32,35,38,41-43,45-46,48-52,54-55,57-67H2,1-3H3/b10-7-,11-8-,19-16-,20-17-,27-25-,28-26-,31-30-,34-33-,37-36-,40-39-,47-44-,56-53-. The van der Waals surface area contributed by atoms with Crippen LogP contribution in [0.25, 0.3) is 0 Å². The quantitative estimate of drug-likeness (QED) is 0.0261. The summed E-state index contributed by atoms with van der Waals surface area (Å²) >= 11 is 0. The molecule has 1 atom stereocenters. The number of esters is 3. The molecule has 0 saturated heterocycles. The van der Waals surface area contributed by atoms with Gasteiger partial charge in [-0.3, -0.25) is 14.4 Å². The van der Waals surface area contributed by atoms with Gasteiger partial charge in [0, 0.05) is 19.3 Å². The van der Waals surface area contributed by atoms with Gasteiger partial charge in [0.05, 0.1) is 0 Å². The Morgan fingerprint density at radius 2 is 0.519 bits per heavy atom. The molecule has 0 rings (SSSR count). The van der Waals surface area contributed by atoms with Crippen LogP contribution >= 0.6 is 0 Å². The molecular weight excluding hydrogens is 949 g/mol. The fraction of sp³-hybridized carbons (Fsp3) is 0.620. The van der Waals surface area contributed by atoms with Crippen molar-refractivity contribution in [3.63, 3.8) is 0 Å².